The number of piperidine rings is 1. The molecule has 1 fully saturated rings. The minimum absolute atomic E-state index is 0.163. The number of likely N-dealkylation sites (tertiary alicyclic amines) is 1. The average molecular weight is 271 g/mol. The lowest BCUT2D eigenvalue weighted by Crippen LogP contribution is -2.46. The fraction of sp³-hybridized carbons (Fsp3) is 0.500. The number of nitrogens with one attached hydrogen (secondary N) is 1. The number of amides is 1. The maximum Gasteiger partial charge on any atom is 0.239 e. The first kappa shape index (κ1) is 14.5. The molecule has 0 unspecified atom stereocenters. The Morgan fingerprint density at radius 3 is 2.55 bits per heavy atom. The van der Waals surface area contributed by atoms with Crippen molar-refractivity contribution in [1.29, 1.82) is 5.26 Å². The zero-order chi connectivity index (χ0) is 14.4. The molecular weight excluding hydrogens is 250 g/mol. The van der Waals surface area contributed by atoms with Crippen LogP contribution in [-0.2, 0) is 11.3 Å². The minimum atomic E-state index is -0.163. The van der Waals surface area contributed by atoms with Gasteiger partial charge in [-0.3, -0.25) is 4.79 Å². The van der Waals surface area contributed by atoms with Crippen molar-refractivity contribution < 1.29 is 4.79 Å². The van der Waals surface area contributed by atoms with E-state index in [2.05, 4.69) is 11.4 Å². The monoisotopic (exact) mass is 271 g/mol. The molecule has 0 radical (unpaired) electrons. The van der Waals surface area contributed by atoms with Gasteiger partial charge in [-0.05, 0) is 43.9 Å². The van der Waals surface area contributed by atoms with E-state index in [4.69, 9.17) is 5.26 Å². The van der Waals surface area contributed by atoms with E-state index in [1.165, 1.54) is 6.42 Å². The molecule has 1 saturated heterocycles. The van der Waals surface area contributed by atoms with Crippen molar-refractivity contribution in [3.63, 3.8) is 0 Å². The predicted molar refractivity (Wildman–Crippen MR) is 77.9 cm³/mol. The molecule has 1 aromatic carbocycles. The number of nitrogens with zero attached hydrogens (tertiary/aromatic N) is 2. The van der Waals surface area contributed by atoms with Crippen molar-refractivity contribution in [2.75, 3.05) is 13.1 Å². The Morgan fingerprint density at radius 2 is 1.95 bits per heavy atom. The summed E-state index contributed by atoms with van der Waals surface area (Å²) < 4.78 is 0. The molecule has 1 amide bonds. The second kappa shape index (κ2) is 7.06. The summed E-state index contributed by atoms with van der Waals surface area (Å²) in [7, 11) is 0. The van der Waals surface area contributed by atoms with Crippen LogP contribution in [-0.4, -0.2) is 29.9 Å². The van der Waals surface area contributed by atoms with Crippen LogP contribution in [0.3, 0.4) is 0 Å². The Balaban J connectivity index is 1.82. The Bertz CT molecular complexity index is 483. The van der Waals surface area contributed by atoms with Gasteiger partial charge in [0, 0.05) is 19.6 Å². The maximum absolute atomic E-state index is 12.2. The molecule has 1 aromatic rings. The Kier molecular flexibility index (Phi) is 5.14. The highest BCUT2D eigenvalue weighted by atomic mass is 16.2. The van der Waals surface area contributed by atoms with Gasteiger partial charge >= 0.3 is 0 Å². The Labute approximate surface area is 120 Å². The Morgan fingerprint density at radius 1 is 1.30 bits per heavy atom. The topological polar surface area (TPSA) is 56.1 Å². The molecule has 1 atom stereocenters. The highest BCUT2D eigenvalue weighted by molar-refractivity contribution is 5.81. The van der Waals surface area contributed by atoms with Crippen molar-refractivity contribution in [2.24, 2.45) is 0 Å². The maximum atomic E-state index is 12.2. The SMILES string of the molecule is C[C@@H](NCc1ccc(C#N)cc1)C(=O)N1CCCCC1. The summed E-state index contributed by atoms with van der Waals surface area (Å²) in [6.07, 6.45) is 3.47. The average Bonchev–Trinajstić information content (AvgIpc) is 2.53. The van der Waals surface area contributed by atoms with E-state index >= 15 is 0 Å². The van der Waals surface area contributed by atoms with E-state index in [-0.39, 0.29) is 11.9 Å². The number of carbonyl (C=O) groups excluding carboxylic acids is 1. The third kappa shape index (κ3) is 3.82. The normalized spacial score (nSPS) is 16.5. The number of benzene rings is 1. The molecule has 0 aliphatic carbocycles. The van der Waals surface area contributed by atoms with Crippen LogP contribution < -0.4 is 5.32 Å². The molecule has 106 valence electrons. The van der Waals surface area contributed by atoms with Gasteiger partial charge in [-0.25, -0.2) is 0 Å². The Hall–Kier alpha value is -1.86. The summed E-state index contributed by atoms with van der Waals surface area (Å²) in [4.78, 5) is 14.2. The van der Waals surface area contributed by atoms with Crippen LogP contribution in [0.25, 0.3) is 0 Å². The zero-order valence-electron chi connectivity index (χ0n) is 11.9. The van der Waals surface area contributed by atoms with Gasteiger partial charge in [-0.1, -0.05) is 12.1 Å². The van der Waals surface area contributed by atoms with E-state index < -0.39 is 0 Å². The molecule has 1 N–H and O–H groups in total. The zero-order valence-corrected chi connectivity index (χ0v) is 11.9. The van der Waals surface area contributed by atoms with E-state index in [9.17, 15) is 4.79 Å². The van der Waals surface area contributed by atoms with Gasteiger partial charge in [0.15, 0.2) is 0 Å². The summed E-state index contributed by atoms with van der Waals surface area (Å²) >= 11 is 0. The molecule has 2 rings (SSSR count). The summed E-state index contributed by atoms with van der Waals surface area (Å²) in [5, 5.41) is 12.0. The van der Waals surface area contributed by atoms with Crippen molar-refractivity contribution in [2.45, 2.75) is 38.8 Å². The molecule has 1 aliphatic rings. The van der Waals surface area contributed by atoms with Gasteiger partial charge in [0.25, 0.3) is 0 Å². The number of rotatable bonds is 4. The molecule has 1 heterocycles. The highest BCUT2D eigenvalue weighted by Crippen LogP contribution is 2.10. The molecular formula is C16H21N3O. The van der Waals surface area contributed by atoms with Crippen LogP contribution in [0.4, 0.5) is 0 Å². The summed E-state index contributed by atoms with van der Waals surface area (Å²) in [5.41, 5.74) is 1.74. The van der Waals surface area contributed by atoms with Crippen LogP contribution >= 0.6 is 0 Å². The molecule has 0 spiro atoms. The number of carbonyl (C=O) groups is 1. The fourth-order valence-electron chi connectivity index (χ4n) is 2.44. The standard InChI is InChI=1S/C16H21N3O/c1-13(16(20)19-9-3-2-4-10-19)18-12-15-7-5-14(11-17)6-8-15/h5-8,13,18H,2-4,9-10,12H2,1H3/t13-/m1/s1. The van der Waals surface area contributed by atoms with Gasteiger partial charge in [0.1, 0.15) is 0 Å². The van der Waals surface area contributed by atoms with Gasteiger partial charge in [0.2, 0.25) is 5.91 Å². The van der Waals surface area contributed by atoms with Crippen LogP contribution in [0.1, 0.15) is 37.3 Å². The molecule has 20 heavy (non-hydrogen) atoms. The lowest BCUT2D eigenvalue weighted by molar-refractivity contribution is -0.133. The van der Waals surface area contributed by atoms with Crippen molar-refractivity contribution in [3.8, 4) is 6.07 Å². The second-order valence-corrected chi connectivity index (χ2v) is 5.30. The van der Waals surface area contributed by atoms with E-state index in [0.29, 0.717) is 12.1 Å². The van der Waals surface area contributed by atoms with E-state index in [1.807, 2.05) is 24.0 Å². The fourth-order valence-corrected chi connectivity index (χ4v) is 2.44. The largest absolute Gasteiger partial charge is 0.341 e. The van der Waals surface area contributed by atoms with Crippen molar-refractivity contribution in [1.82, 2.24) is 10.2 Å². The number of nitriles is 1. The van der Waals surface area contributed by atoms with Crippen LogP contribution in [0, 0.1) is 11.3 Å². The quantitative estimate of drug-likeness (QED) is 0.912. The smallest absolute Gasteiger partial charge is 0.239 e. The van der Waals surface area contributed by atoms with Gasteiger partial charge in [0.05, 0.1) is 17.7 Å². The van der Waals surface area contributed by atoms with Crippen molar-refractivity contribution in [3.05, 3.63) is 35.4 Å². The van der Waals surface area contributed by atoms with E-state index in [0.717, 1.165) is 31.5 Å². The third-order valence-electron chi connectivity index (χ3n) is 3.73. The summed E-state index contributed by atoms with van der Waals surface area (Å²) in [6, 6.07) is 9.38. The van der Waals surface area contributed by atoms with Gasteiger partial charge in [-0.2, -0.15) is 5.26 Å². The van der Waals surface area contributed by atoms with Crippen LogP contribution in [0.5, 0.6) is 0 Å². The van der Waals surface area contributed by atoms with Gasteiger partial charge in [-0.15, -0.1) is 0 Å². The minimum Gasteiger partial charge on any atom is -0.341 e. The summed E-state index contributed by atoms with van der Waals surface area (Å²) in [5.74, 6) is 0.193. The molecule has 0 saturated carbocycles. The third-order valence-corrected chi connectivity index (χ3v) is 3.73. The first-order chi connectivity index (χ1) is 9.70. The molecule has 0 bridgehead atoms. The summed E-state index contributed by atoms with van der Waals surface area (Å²) in [6.45, 7) is 4.34. The second-order valence-electron chi connectivity index (χ2n) is 5.30. The number of hydrogen-bond acceptors (Lipinski definition) is 3. The molecule has 4 nitrogen and oxygen atoms in total. The van der Waals surface area contributed by atoms with Crippen LogP contribution in [0.2, 0.25) is 0 Å². The molecule has 0 aromatic heterocycles. The van der Waals surface area contributed by atoms with Crippen molar-refractivity contribution >= 4 is 5.91 Å². The number of hydrogen-bond donors (Lipinski definition) is 1. The lowest BCUT2D eigenvalue weighted by atomic mass is 10.1. The molecule has 4 heteroatoms. The van der Waals surface area contributed by atoms with Gasteiger partial charge < -0.3 is 10.2 Å². The predicted octanol–water partition coefficient (Wildman–Crippen LogP) is 2.05. The molecule has 1 aliphatic heterocycles. The lowest BCUT2D eigenvalue weighted by Gasteiger charge is -2.29. The first-order valence-corrected chi connectivity index (χ1v) is 7.22. The van der Waals surface area contributed by atoms with E-state index in [1.54, 1.807) is 12.1 Å². The van der Waals surface area contributed by atoms with Crippen LogP contribution in [0.15, 0.2) is 24.3 Å². The first-order valence-electron chi connectivity index (χ1n) is 7.22. The highest BCUT2D eigenvalue weighted by Gasteiger charge is 2.21.